The predicted molar refractivity (Wildman–Crippen MR) is 94.6 cm³/mol. The van der Waals surface area contributed by atoms with Crippen molar-refractivity contribution in [2.24, 2.45) is 5.92 Å². The summed E-state index contributed by atoms with van der Waals surface area (Å²) >= 11 is 0. The lowest BCUT2D eigenvalue weighted by atomic mass is 10.0. The summed E-state index contributed by atoms with van der Waals surface area (Å²) in [6.07, 6.45) is 4.55. The lowest BCUT2D eigenvalue weighted by molar-refractivity contribution is -0.00914. The molecule has 2 aliphatic rings. The Morgan fingerprint density at radius 2 is 2.12 bits per heavy atom. The molecule has 2 atom stereocenters. The van der Waals surface area contributed by atoms with E-state index >= 15 is 0 Å². The summed E-state index contributed by atoms with van der Waals surface area (Å²) < 4.78 is 19.8. The third-order valence-corrected chi connectivity index (χ3v) is 4.86. The number of benzene rings is 1. The Kier molecular flexibility index (Phi) is 5.91. The molecule has 1 aliphatic carbocycles. The second-order valence-corrected chi connectivity index (χ2v) is 7.46. The van der Waals surface area contributed by atoms with Crippen LogP contribution >= 0.6 is 0 Å². The van der Waals surface area contributed by atoms with Crippen LogP contribution in [0.3, 0.4) is 0 Å². The Morgan fingerprint density at radius 1 is 1.32 bits per heavy atom. The smallest absolute Gasteiger partial charge is 0.315 e. The van der Waals surface area contributed by atoms with Crippen LogP contribution in [0.15, 0.2) is 18.2 Å². The normalized spacial score (nSPS) is 23.5. The molecule has 0 aromatic heterocycles. The Morgan fingerprint density at radius 3 is 2.80 bits per heavy atom. The van der Waals surface area contributed by atoms with Crippen LogP contribution in [-0.4, -0.2) is 43.8 Å². The molecule has 0 unspecified atom stereocenters. The summed E-state index contributed by atoms with van der Waals surface area (Å²) in [6, 6.07) is 5.11. The quantitative estimate of drug-likeness (QED) is 0.830. The standard InChI is InChI=1S/C19H28FN3O2/c1-23(2)12-15-4-3-13(9-17(15)20)11-21-19(24)22-16-7-8-25-18(10-16)14-5-6-14/h3-4,9,14,16,18H,5-8,10-12H2,1-2H3,(H2,21,22,24)/t16-,18+/m0/s1. The highest BCUT2D eigenvalue weighted by atomic mass is 19.1. The largest absolute Gasteiger partial charge is 0.378 e. The fourth-order valence-electron chi connectivity index (χ4n) is 3.34. The molecule has 5 nitrogen and oxygen atoms in total. The van der Waals surface area contributed by atoms with Gasteiger partial charge in [-0.1, -0.05) is 12.1 Å². The van der Waals surface area contributed by atoms with Gasteiger partial charge in [-0.25, -0.2) is 9.18 Å². The van der Waals surface area contributed by atoms with Crippen LogP contribution in [0.2, 0.25) is 0 Å². The zero-order valence-electron chi connectivity index (χ0n) is 15.1. The zero-order chi connectivity index (χ0) is 17.8. The van der Waals surface area contributed by atoms with Crippen LogP contribution in [-0.2, 0) is 17.8 Å². The van der Waals surface area contributed by atoms with Gasteiger partial charge in [-0.3, -0.25) is 0 Å². The maximum absolute atomic E-state index is 14.1. The number of amides is 2. The van der Waals surface area contributed by atoms with Crippen molar-refractivity contribution in [1.82, 2.24) is 15.5 Å². The molecule has 1 aliphatic heterocycles. The molecule has 0 spiro atoms. The average molecular weight is 349 g/mol. The van der Waals surface area contributed by atoms with Crippen molar-refractivity contribution in [1.29, 1.82) is 0 Å². The van der Waals surface area contributed by atoms with E-state index in [1.165, 1.54) is 18.9 Å². The molecule has 3 rings (SSSR count). The van der Waals surface area contributed by atoms with Gasteiger partial charge in [0.1, 0.15) is 5.82 Å². The van der Waals surface area contributed by atoms with E-state index in [-0.39, 0.29) is 17.9 Å². The number of carbonyl (C=O) groups is 1. The van der Waals surface area contributed by atoms with Gasteiger partial charge < -0.3 is 20.3 Å². The average Bonchev–Trinajstić information content (AvgIpc) is 3.40. The summed E-state index contributed by atoms with van der Waals surface area (Å²) in [4.78, 5) is 14.0. The van der Waals surface area contributed by atoms with Crippen molar-refractivity contribution in [3.8, 4) is 0 Å². The lowest BCUT2D eigenvalue weighted by Gasteiger charge is -2.30. The Labute approximate surface area is 148 Å². The minimum Gasteiger partial charge on any atom is -0.378 e. The fraction of sp³-hybridized carbons (Fsp3) is 0.632. The number of rotatable bonds is 6. The highest BCUT2D eigenvalue weighted by Crippen LogP contribution is 2.38. The van der Waals surface area contributed by atoms with E-state index < -0.39 is 0 Å². The van der Waals surface area contributed by atoms with Crippen molar-refractivity contribution < 1.29 is 13.9 Å². The number of nitrogens with one attached hydrogen (secondary N) is 2. The van der Waals surface area contributed by atoms with Gasteiger partial charge in [0.25, 0.3) is 0 Å². The first-order valence-corrected chi connectivity index (χ1v) is 9.09. The van der Waals surface area contributed by atoms with Crippen molar-refractivity contribution in [2.75, 3.05) is 20.7 Å². The molecule has 1 saturated carbocycles. The molecule has 1 aromatic rings. The van der Waals surface area contributed by atoms with Crippen LogP contribution in [0, 0.1) is 11.7 Å². The number of hydrogen-bond acceptors (Lipinski definition) is 3. The number of hydrogen-bond donors (Lipinski definition) is 2. The maximum atomic E-state index is 14.1. The molecule has 2 fully saturated rings. The van der Waals surface area contributed by atoms with Crippen molar-refractivity contribution in [3.05, 3.63) is 35.1 Å². The molecule has 1 heterocycles. The molecular weight excluding hydrogens is 321 g/mol. The van der Waals surface area contributed by atoms with Gasteiger partial charge in [-0.2, -0.15) is 0 Å². The second kappa shape index (κ2) is 8.15. The summed E-state index contributed by atoms with van der Waals surface area (Å²) in [5, 5.41) is 5.85. The number of halogens is 1. The van der Waals surface area contributed by atoms with E-state index in [2.05, 4.69) is 10.6 Å². The number of carbonyl (C=O) groups excluding carboxylic acids is 1. The first-order chi connectivity index (χ1) is 12.0. The number of ether oxygens (including phenoxy) is 1. The second-order valence-electron chi connectivity index (χ2n) is 7.46. The van der Waals surface area contributed by atoms with E-state index in [1.54, 1.807) is 6.07 Å². The molecular formula is C19H28FN3O2. The molecule has 138 valence electrons. The van der Waals surface area contributed by atoms with E-state index in [0.717, 1.165) is 18.4 Å². The molecule has 6 heteroatoms. The maximum Gasteiger partial charge on any atom is 0.315 e. The van der Waals surface area contributed by atoms with Crippen LogP contribution in [0.5, 0.6) is 0 Å². The first-order valence-electron chi connectivity index (χ1n) is 9.09. The third kappa shape index (κ3) is 5.41. The van der Waals surface area contributed by atoms with Crippen molar-refractivity contribution in [3.63, 3.8) is 0 Å². The SMILES string of the molecule is CN(C)Cc1ccc(CNC(=O)N[C@H]2CCO[C@@H](C3CC3)C2)cc1F. The van der Waals surface area contributed by atoms with E-state index in [4.69, 9.17) is 4.74 Å². The topological polar surface area (TPSA) is 53.6 Å². The third-order valence-electron chi connectivity index (χ3n) is 4.86. The van der Waals surface area contributed by atoms with Crippen molar-refractivity contribution in [2.45, 2.75) is 50.9 Å². The monoisotopic (exact) mass is 349 g/mol. The summed E-state index contributed by atoms with van der Waals surface area (Å²) in [7, 11) is 3.81. The van der Waals surface area contributed by atoms with Crippen LogP contribution in [0.25, 0.3) is 0 Å². The van der Waals surface area contributed by atoms with Crippen LogP contribution < -0.4 is 10.6 Å². The number of urea groups is 1. The molecule has 1 saturated heterocycles. The molecule has 1 aromatic carbocycles. The van der Waals surface area contributed by atoms with E-state index in [1.807, 2.05) is 25.1 Å². The van der Waals surface area contributed by atoms with Crippen LogP contribution in [0.1, 0.15) is 36.8 Å². The predicted octanol–water partition coefficient (Wildman–Crippen LogP) is 2.64. The van der Waals surface area contributed by atoms with Gasteiger partial charge in [0.2, 0.25) is 0 Å². The molecule has 0 bridgehead atoms. The fourth-order valence-corrected chi connectivity index (χ4v) is 3.34. The Hall–Kier alpha value is -1.66. The minimum absolute atomic E-state index is 0.165. The summed E-state index contributed by atoms with van der Waals surface area (Å²) in [6.45, 7) is 1.59. The highest BCUT2D eigenvalue weighted by Gasteiger charge is 2.36. The summed E-state index contributed by atoms with van der Waals surface area (Å²) in [5.74, 6) is 0.460. The highest BCUT2D eigenvalue weighted by molar-refractivity contribution is 5.74. The van der Waals surface area contributed by atoms with Crippen molar-refractivity contribution >= 4 is 6.03 Å². The van der Waals surface area contributed by atoms with Gasteiger partial charge >= 0.3 is 6.03 Å². The Bertz CT molecular complexity index is 604. The molecule has 2 N–H and O–H groups in total. The van der Waals surface area contributed by atoms with E-state index in [9.17, 15) is 9.18 Å². The van der Waals surface area contributed by atoms with E-state index in [0.29, 0.717) is 37.3 Å². The first kappa shape index (κ1) is 18.1. The van der Waals surface area contributed by atoms with Gasteiger partial charge in [0, 0.05) is 31.3 Å². The van der Waals surface area contributed by atoms with Gasteiger partial charge in [-0.05, 0) is 57.3 Å². The number of nitrogens with zero attached hydrogens (tertiary/aromatic N) is 1. The van der Waals surface area contributed by atoms with Gasteiger partial charge in [0.15, 0.2) is 0 Å². The van der Waals surface area contributed by atoms with Gasteiger partial charge in [-0.15, -0.1) is 0 Å². The molecule has 25 heavy (non-hydrogen) atoms. The van der Waals surface area contributed by atoms with Crippen LogP contribution in [0.4, 0.5) is 9.18 Å². The minimum atomic E-state index is -0.231. The summed E-state index contributed by atoms with van der Waals surface area (Å²) in [5.41, 5.74) is 1.42. The zero-order valence-corrected chi connectivity index (χ0v) is 15.1. The molecule has 2 amide bonds. The van der Waals surface area contributed by atoms with Gasteiger partial charge in [0.05, 0.1) is 6.10 Å². The molecule has 0 radical (unpaired) electrons. The Balaban J connectivity index is 1.44. The lowest BCUT2D eigenvalue weighted by Crippen LogP contribution is -2.46.